The standard InChI is InChI=1S/C22H29N3O4/c1-3-5-14-8-9-17-19-15(11-24(17)22(14)29)16(12-26)20(21(28)23-4-2)25(19)18(27)10-13-6-7-13/h3,5,8-9,13,15-16,19-20,26H,4,6-7,10-12H2,1-2H3,(H,23,28)/t15-,16-,19+,20-/m1/s1. The second-order valence-corrected chi connectivity index (χ2v) is 8.37. The molecule has 0 radical (unpaired) electrons. The average Bonchev–Trinajstić information content (AvgIpc) is 3.33. The molecule has 1 aromatic heterocycles. The number of aliphatic hydroxyl groups is 1. The summed E-state index contributed by atoms with van der Waals surface area (Å²) in [7, 11) is 0. The van der Waals surface area contributed by atoms with Crippen molar-refractivity contribution in [3.05, 3.63) is 39.8 Å². The van der Waals surface area contributed by atoms with E-state index in [4.69, 9.17) is 0 Å². The Morgan fingerprint density at radius 3 is 2.69 bits per heavy atom. The minimum atomic E-state index is -0.694. The lowest BCUT2D eigenvalue weighted by molar-refractivity contribution is -0.142. The number of carbonyl (C=O) groups excluding carboxylic acids is 2. The molecule has 4 rings (SSSR count). The van der Waals surface area contributed by atoms with E-state index in [9.17, 15) is 19.5 Å². The molecular formula is C22H29N3O4. The van der Waals surface area contributed by atoms with E-state index in [0.717, 1.165) is 18.5 Å². The van der Waals surface area contributed by atoms with Gasteiger partial charge >= 0.3 is 0 Å². The Hall–Kier alpha value is -2.41. The SMILES string of the molecule is CC=Cc1ccc2n(c1=O)C[C@@H]1[C@@H](CO)[C@H](C(=O)NCC)N(C(=O)CC3CC3)[C@H]21. The molecule has 3 aliphatic rings. The van der Waals surface area contributed by atoms with Crippen LogP contribution in [0.2, 0.25) is 0 Å². The van der Waals surface area contributed by atoms with Crippen LogP contribution in [0.25, 0.3) is 6.08 Å². The average molecular weight is 399 g/mol. The molecule has 0 unspecified atom stereocenters. The maximum absolute atomic E-state index is 13.2. The molecule has 7 heteroatoms. The first-order chi connectivity index (χ1) is 14.0. The zero-order chi connectivity index (χ0) is 20.7. The third-order valence-corrected chi connectivity index (χ3v) is 6.52. The van der Waals surface area contributed by atoms with Crippen LogP contribution < -0.4 is 10.9 Å². The first-order valence-corrected chi connectivity index (χ1v) is 10.6. The Morgan fingerprint density at radius 1 is 1.31 bits per heavy atom. The van der Waals surface area contributed by atoms with Crippen LogP contribution in [-0.4, -0.2) is 45.6 Å². The number of amides is 2. The maximum Gasteiger partial charge on any atom is 0.258 e. The lowest BCUT2D eigenvalue weighted by Gasteiger charge is -2.31. The first kappa shape index (κ1) is 19.9. The van der Waals surface area contributed by atoms with Crippen molar-refractivity contribution in [2.45, 2.75) is 51.7 Å². The lowest BCUT2D eigenvalue weighted by Crippen LogP contribution is -2.50. The van der Waals surface area contributed by atoms with Gasteiger partial charge in [-0.3, -0.25) is 14.4 Å². The summed E-state index contributed by atoms with van der Waals surface area (Å²) in [5, 5.41) is 13.0. The Morgan fingerprint density at radius 2 is 2.07 bits per heavy atom. The van der Waals surface area contributed by atoms with E-state index in [-0.39, 0.29) is 41.9 Å². The van der Waals surface area contributed by atoms with Gasteiger partial charge in [-0.1, -0.05) is 12.2 Å². The van der Waals surface area contributed by atoms with Gasteiger partial charge in [-0.2, -0.15) is 0 Å². The molecular weight excluding hydrogens is 370 g/mol. The molecule has 1 saturated carbocycles. The zero-order valence-electron chi connectivity index (χ0n) is 17.0. The normalized spacial score (nSPS) is 27.9. The van der Waals surface area contributed by atoms with Gasteiger partial charge in [-0.25, -0.2) is 0 Å². The van der Waals surface area contributed by atoms with E-state index in [0.29, 0.717) is 31.0 Å². The number of pyridine rings is 1. The predicted molar refractivity (Wildman–Crippen MR) is 109 cm³/mol. The summed E-state index contributed by atoms with van der Waals surface area (Å²) in [6.07, 6.45) is 6.13. The van der Waals surface area contributed by atoms with Crippen LogP contribution in [-0.2, 0) is 16.1 Å². The second kappa shape index (κ2) is 7.78. The smallest absolute Gasteiger partial charge is 0.258 e. The molecule has 156 valence electrons. The van der Waals surface area contributed by atoms with E-state index >= 15 is 0 Å². The Bertz CT molecular complexity index is 902. The van der Waals surface area contributed by atoms with E-state index < -0.39 is 6.04 Å². The van der Waals surface area contributed by atoms with Gasteiger partial charge in [0.15, 0.2) is 0 Å². The van der Waals surface area contributed by atoms with Crippen molar-refractivity contribution in [3.8, 4) is 0 Å². The van der Waals surface area contributed by atoms with Gasteiger partial charge < -0.3 is 19.9 Å². The van der Waals surface area contributed by atoms with Crippen LogP contribution in [0.5, 0.6) is 0 Å². The number of carbonyl (C=O) groups is 2. The van der Waals surface area contributed by atoms with Gasteiger partial charge in [0.25, 0.3) is 5.56 Å². The highest BCUT2D eigenvalue weighted by Gasteiger charge is 2.57. The fraction of sp³-hybridized carbons (Fsp3) is 0.591. The van der Waals surface area contributed by atoms with Crippen molar-refractivity contribution in [1.29, 1.82) is 0 Å². The van der Waals surface area contributed by atoms with Gasteiger partial charge in [0.05, 0.1) is 6.04 Å². The molecule has 2 amide bonds. The molecule has 2 N–H and O–H groups in total. The quantitative estimate of drug-likeness (QED) is 0.755. The summed E-state index contributed by atoms with van der Waals surface area (Å²) in [6, 6.07) is 2.64. The molecule has 29 heavy (non-hydrogen) atoms. The number of allylic oxidation sites excluding steroid dienone is 1. The van der Waals surface area contributed by atoms with Crippen LogP contribution in [0.3, 0.4) is 0 Å². The maximum atomic E-state index is 13.2. The number of hydrogen-bond acceptors (Lipinski definition) is 4. The van der Waals surface area contributed by atoms with E-state index in [1.807, 2.05) is 26.0 Å². The summed E-state index contributed by atoms with van der Waals surface area (Å²) in [4.78, 5) is 40.7. The van der Waals surface area contributed by atoms with Gasteiger partial charge in [0.2, 0.25) is 11.8 Å². The topological polar surface area (TPSA) is 91.6 Å². The Labute approximate surface area is 170 Å². The molecule has 7 nitrogen and oxygen atoms in total. The molecule has 0 aromatic carbocycles. The fourth-order valence-corrected chi connectivity index (χ4v) is 5.04. The number of hydrogen-bond donors (Lipinski definition) is 2. The van der Waals surface area contributed by atoms with Gasteiger partial charge in [0, 0.05) is 49.2 Å². The first-order valence-electron chi connectivity index (χ1n) is 10.6. The van der Waals surface area contributed by atoms with Crippen LogP contribution in [0.15, 0.2) is 23.0 Å². The van der Waals surface area contributed by atoms with Gasteiger partial charge in [-0.05, 0) is 44.7 Å². The number of aromatic nitrogens is 1. The fourth-order valence-electron chi connectivity index (χ4n) is 5.04. The highest BCUT2D eigenvalue weighted by atomic mass is 16.3. The number of fused-ring (bicyclic) bond motifs is 3. The molecule has 0 spiro atoms. The van der Waals surface area contributed by atoms with Gasteiger partial charge in [0.1, 0.15) is 6.04 Å². The number of likely N-dealkylation sites (N-methyl/N-ethyl adjacent to an activating group) is 1. The van der Waals surface area contributed by atoms with E-state index in [1.165, 1.54) is 0 Å². The molecule has 2 aliphatic heterocycles. The summed E-state index contributed by atoms with van der Waals surface area (Å²) >= 11 is 0. The van der Waals surface area contributed by atoms with Crippen LogP contribution in [0.4, 0.5) is 0 Å². The monoisotopic (exact) mass is 399 g/mol. The predicted octanol–water partition coefficient (Wildman–Crippen LogP) is 1.31. The van der Waals surface area contributed by atoms with Crippen LogP contribution in [0.1, 0.15) is 50.4 Å². The number of nitrogens with one attached hydrogen (secondary N) is 1. The highest BCUT2D eigenvalue weighted by Crippen LogP contribution is 2.50. The van der Waals surface area contributed by atoms with Crippen molar-refractivity contribution in [2.24, 2.45) is 17.8 Å². The summed E-state index contributed by atoms with van der Waals surface area (Å²) in [5.74, 6) is -0.411. The second-order valence-electron chi connectivity index (χ2n) is 8.37. The highest BCUT2D eigenvalue weighted by molar-refractivity contribution is 5.89. The molecule has 1 saturated heterocycles. The molecule has 3 heterocycles. The molecule has 1 aliphatic carbocycles. The number of likely N-dealkylation sites (tertiary alicyclic amines) is 1. The zero-order valence-corrected chi connectivity index (χ0v) is 17.0. The largest absolute Gasteiger partial charge is 0.396 e. The lowest BCUT2D eigenvalue weighted by atomic mass is 9.88. The van der Waals surface area contributed by atoms with Crippen molar-refractivity contribution < 1.29 is 14.7 Å². The van der Waals surface area contributed by atoms with Crippen molar-refractivity contribution in [3.63, 3.8) is 0 Å². The van der Waals surface area contributed by atoms with Gasteiger partial charge in [-0.15, -0.1) is 0 Å². The number of rotatable bonds is 6. The minimum Gasteiger partial charge on any atom is -0.396 e. The van der Waals surface area contributed by atoms with E-state index in [2.05, 4.69) is 5.32 Å². The molecule has 1 aromatic rings. The number of nitrogens with zero attached hydrogens (tertiary/aromatic N) is 2. The Kier molecular flexibility index (Phi) is 5.34. The minimum absolute atomic E-state index is 0.0480. The van der Waals surface area contributed by atoms with Crippen molar-refractivity contribution in [2.75, 3.05) is 13.2 Å². The van der Waals surface area contributed by atoms with Crippen molar-refractivity contribution >= 4 is 17.9 Å². The van der Waals surface area contributed by atoms with Crippen molar-refractivity contribution in [1.82, 2.24) is 14.8 Å². The van der Waals surface area contributed by atoms with Crippen LogP contribution in [0, 0.1) is 17.8 Å². The molecule has 4 atom stereocenters. The summed E-state index contributed by atoms with van der Waals surface area (Å²) in [6.45, 7) is 4.40. The molecule has 2 fully saturated rings. The summed E-state index contributed by atoms with van der Waals surface area (Å²) < 4.78 is 1.72. The third-order valence-electron chi connectivity index (χ3n) is 6.52. The Balaban J connectivity index is 1.78. The number of aliphatic hydroxyl groups excluding tert-OH is 1. The summed E-state index contributed by atoms with van der Waals surface area (Å²) in [5.41, 5.74) is 1.28. The third kappa shape index (κ3) is 3.31. The molecule has 0 bridgehead atoms. The van der Waals surface area contributed by atoms with E-state index in [1.54, 1.807) is 21.6 Å². The van der Waals surface area contributed by atoms with Crippen LogP contribution >= 0.6 is 0 Å².